The lowest BCUT2D eigenvalue weighted by molar-refractivity contribution is 0.0686. The third-order valence-electron chi connectivity index (χ3n) is 3.59. The molecule has 0 saturated heterocycles. The van der Waals surface area contributed by atoms with Crippen LogP contribution in [-0.4, -0.2) is 27.1 Å². The van der Waals surface area contributed by atoms with Crippen molar-refractivity contribution in [2.24, 2.45) is 0 Å². The molecular formula is C18H14N2O4. The highest BCUT2D eigenvalue weighted by atomic mass is 16.4. The molecule has 0 spiro atoms. The maximum absolute atomic E-state index is 11.2. The molecule has 0 aliphatic rings. The number of carbonyl (C=O) groups is 2. The third kappa shape index (κ3) is 3.03. The van der Waals surface area contributed by atoms with Gasteiger partial charge < -0.3 is 15.5 Å². The van der Waals surface area contributed by atoms with Crippen LogP contribution < -0.4 is 5.32 Å². The van der Waals surface area contributed by atoms with Crippen molar-refractivity contribution in [1.29, 1.82) is 0 Å². The van der Waals surface area contributed by atoms with E-state index >= 15 is 0 Å². The van der Waals surface area contributed by atoms with Gasteiger partial charge in [-0.3, -0.25) is 4.98 Å². The number of pyridine rings is 1. The molecule has 1 heterocycles. The van der Waals surface area contributed by atoms with Crippen molar-refractivity contribution in [2.45, 2.75) is 6.92 Å². The molecule has 1 aromatic heterocycles. The fourth-order valence-electron chi connectivity index (χ4n) is 2.45. The van der Waals surface area contributed by atoms with Gasteiger partial charge in [0, 0.05) is 22.5 Å². The molecule has 120 valence electrons. The zero-order valence-corrected chi connectivity index (χ0v) is 12.8. The molecule has 0 bridgehead atoms. The number of nitrogens with zero attached hydrogens (tertiary/aromatic N) is 1. The van der Waals surface area contributed by atoms with Crippen molar-refractivity contribution in [2.75, 3.05) is 5.32 Å². The number of aryl methyl sites for hydroxylation is 1. The second-order valence-corrected chi connectivity index (χ2v) is 5.36. The Morgan fingerprint density at radius 3 is 2.17 bits per heavy atom. The predicted molar refractivity (Wildman–Crippen MR) is 90.1 cm³/mol. The van der Waals surface area contributed by atoms with Crippen LogP contribution in [0.4, 0.5) is 11.4 Å². The van der Waals surface area contributed by atoms with Gasteiger partial charge in [0.15, 0.2) is 0 Å². The van der Waals surface area contributed by atoms with Crippen LogP contribution in [0.15, 0.2) is 48.5 Å². The number of hydrogen-bond acceptors (Lipinski definition) is 4. The van der Waals surface area contributed by atoms with Gasteiger partial charge in [-0.15, -0.1) is 0 Å². The van der Waals surface area contributed by atoms with E-state index in [1.54, 1.807) is 24.3 Å². The SMILES string of the molecule is Cc1cc(Nc2ccc(C(=O)O)cc2)c2cc(C(=O)O)ccc2n1. The van der Waals surface area contributed by atoms with Gasteiger partial charge in [0.2, 0.25) is 0 Å². The lowest BCUT2D eigenvalue weighted by Crippen LogP contribution is -2.00. The average Bonchev–Trinajstić information content (AvgIpc) is 2.54. The summed E-state index contributed by atoms with van der Waals surface area (Å²) in [6.07, 6.45) is 0. The van der Waals surface area contributed by atoms with Gasteiger partial charge in [0.05, 0.1) is 16.6 Å². The minimum Gasteiger partial charge on any atom is -0.478 e. The van der Waals surface area contributed by atoms with Crippen LogP contribution in [0.5, 0.6) is 0 Å². The Labute approximate surface area is 137 Å². The Morgan fingerprint density at radius 1 is 0.917 bits per heavy atom. The smallest absolute Gasteiger partial charge is 0.335 e. The van der Waals surface area contributed by atoms with Crippen LogP contribution in [-0.2, 0) is 0 Å². The molecule has 0 amide bonds. The van der Waals surface area contributed by atoms with Gasteiger partial charge in [-0.25, -0.2) is 9.59 Å². The van der Waals surface area contributed by atoms with Crippen molar-refractivity contribution in [1.82, 2.24) is 4.98 Å². The number of aromatic nitrogens is 1. The van der Waals surface area contributed by atoms with Gasteiger partial charge >= 0.3 is 11.9 Å². The molecule has 3 N–H and O–H groups in total. The number of fused-ring (bicyclic) bond motifs is 1. The number of nitrogens with one attached hydrogen (secondary N) is 1. The van der Waals surface area contributed by atoms with Crippen LogP contribution in [0.2, 0.25) is 0 Å². The van der Waals surface area contributed by atoms with Crippen molar-refractivity contribution in [3.63, 3.8) is 0 Å². The first kappa shape index (κ1) is 15.5. The summed E-state index contributed by atoms with van der Waals surface area (Å²) in [7, 11) is 0. The van der Waals surface area contributed by atoms with E-state index in [0.29, 0.717) is 22.3 Å². The first-order valence-corrected chi connectivity index (χ1v) is 7.19. The van der Waals surface area contributed by atoms with E-state index in [1.807, 2.05) is 13.0 Å². The highest BCUT2D eigenvalue weighted by molar-refractivity contribution is 5.99. The number of anilines is 2. The molecular weight excluding hydrogens is 308 g/mol. The fourth-order valence-corrected chi connectivity index (χ4v) is 2.45. The van der Waals surface area contributed by atoms with Gasteiger partial charge in [-0.05, 0) is 55.5 Å². The van der Waals surface area contributed by atoms with E-state index in [-0.39, 0.29) is 11.1 Å². The maximum atomic E-state index is 11.2. The average molecular weight is 322 g/mol. The van der Waals surface area contributed by atoms with E-state index < -0.39 is 11.9 Å². The second-order valence-electron chi connectivity index (χ2n) is 5.36. The first-order valence-electron chi connectivity index (χ1n) is 7.19. The van der Waals surface area contributed by atoms with E-state index in [4.69, 9.17) is 10.2 Å². The Bertz CT molecular complexity index is 949. The Hall–Kier alpha value is -3.41. The van der Waals surface area contributed by atoms with Crippen molar-refractivity contribution in [3.05, 3.63) is 65.4 Å². The second kappa shape index (κ2) is 6.00. The molecule has 0 aliphatic heterocycles. The number of aromatic carboxylic acids is 2. The molecule has 6 heteroatoms. The minimum atomic E-state index is -1.01. The molecule has 0 fully saturated rings. The van der Waals surface area contributed by atoms with Gasteiger partial charge in [-0.1, -0.05) is 0 Å². The highest BCUT2D eigenvalue weighted by Crippen LogP contribution is 2.27. The van der Waals surface area contributed by atoms with Crippen molar-refractivity contribution < 1.29 is 19.8 Å². The van der Waals surface area contributed by atoms with Gasteiger partial charge in [-0.2, -0.15) is 0 Å². The Balaban J connectivity index is 2.05. The van der Waals surface area contributed by atoms with E-state index in [0.717, 1.165) is 5.69 Å². The van der Waals surface area contributed by atoms with E-state index in [2.05, 4.69) is 10.3 Å². The van der Waals surface area contributed by atoms with Gasteiger partial charge in [0.1, 0.15) is 0 Å². The Kier molecular flexibility index (Phi) is 3.87. The lowest BCUT2D eigenvalue weighted by Gasteiger charge is -2.11. The standard InChI is InChI=1S/C18H14N2O4/c1-10-8-16(20-13-5-2-11(3-6-13)17(21)22)14-9-12(18(23)24)4-7-15(14)19-10/h2-9H,1H3,(H,19,20)(H,21,22)(H,23,24). The molecule has 0 atom stereocenters. The topological polar surface area (TPSA) is 99.5 Å². The van der Waals surface area contributed by atoms with Crippen LogP contribution >= 0.6 is 0 Å². The third-order valence-corrected chi connectivity index (χ3v) is 3.59. The number of hydrogen-bond donors (Lipinski definition) is 3. The van der Waals surface area contributed by atoms with E-state index in [9.17, 15) is 9.59 Å². The summed E-state index contributed by atoms with van der Waals surface area (Å²) in [5.74, 6) is -1.99. The molecule has 3 aromatic rings. The van der Waals surface area contributed by atoms with Crippen LogP contribution in [0.25, 0.3) is 10.9 Å². The summed E-state index contributed by atoms with van der Waals surface area (Å²) in [5.41, 5.74) is 3.26. The monoisotopic (exact) mass is 322 g/mol. The lowest BCUT2D eigenvalue weighted by atomic mass is 10.1. The molecule has 6 nitrogen and oxygen atoms in total. The number of carboxylic acid groups (broad SMARTS) is 2. The first-order chi connectivity index (χ1) is 11.4. The minimum absolute atomic E-state index is 0.178. The van der Waals surface area contributed by atoms with Crippen molar-refractivity contribution >= 4 is 34.2 Å². The summed E-state index contributed by atoms with van der Waals surface area (Å²) in [6, 6.07) is 12.9. The highest BCUT2D eigenvalue weighted by Gasteiger charge is 2.10. The number of benzene rings is 2. The van der Waals surface area contributed by atoms with Gasteiger partial charge in [0.25, 0.3) is 0 Å². The number of carboxylic acids is 2. The predicted octanol–water partition coefficient (Wildman–Crippen LogP) is 3.68. The van der Waals surface area contributed by atoms with E-state index in [1.165, 1.54) is 18.2 Å². The largest absolute Gasteiger partial charge is 0.478 e. The maximum Gasteiger partial charge on any atom is 0.335 e. The zero-order chi connectivity index (χ0) is 17.3. The molecule has 3 rings (SSSR count). The molecule has 0 unspecified atom stereocenters. The van der Waals surface area contributed by atoms with Crippen LogP contribution in [0.3, 0.4) is 0 Å². The molecule has 0 aliphatic carbocycles. The molecule has 0 saturated carbocycles. The summed E-state index contributed by atoms with van der Waals surface area (Å²) in [5, 5.41) is 22.0. The Morgan fingerprint density at radius 2 is 1.54 bits per heavy atom. The van der Waals surface area contributed by atoms with Crippen LogP contribution in [0, 0.1) is 6.92 Å². The molecule has 2 aromatic carbocycles. The summed E-state index contributed by atoms with van der Waals surface area (Å²) in [4.78, 5) is 26.5. The van der Waals surface area contributed by atoms with Crippen LogP contribution in [0.1, 0.15) is 26.4 Å². The summed E-state index contributed by atoms with van der Waals surface area (Å²) < 4.78 is 0. The normalized spacial score (nSPS) is 10.5. The molecule has 24 heavy (non-hydrogen) atoms. The number of rotatable bonds is 4. The van der Waals surface area contributed by atoms with Crippen molar-refractivity contribution in [3.8, 4) is 0 Å². The fraction of sp³-hybridized carbons (Fsp3) is 0.0556. The quantitative estimate of drug-likeness (QED) is 0.677. The summed E-state index contributed by atoms with van der Waals surface area (Å²) >= 11 is 0. The zero-order valence-electron chi connectivity index (χ0n) is 12.8. The molecule has 0 radical (unpaired) electrons. The summed E-state index contributed by atoms with van der Waals surface area (Å²) in [6.45, 7) is 1.85.